The number of carbonyl (C=O) groups is 2. The van der Waals surface area contributed by atoms with Crippen molar-refractivity contribution in [1.82, 2.24) is 0 Å². The van der Waals surface area contributed by atoms with Crippen molar-refractivity contribution in [3.8, 4) is 5.75 Å². The molecule has 0 unspecified atom stereocenters. The Balaban J connectivity index is 2.12. The number of benzene rings is 2. The summed E-state index contributed by atoms with van der Waals surface area (Å²) < 4.78 is 10.5. The van der Waals surface area contributed by atoms with E-state index in [0.717, 1.165) is 10.8 Å². The van der Waals surface area contributed by atoms with Gasteiger partial charge in [-0.15, -0.1) is 0 Å². The van der Waals surface area contributed by atoms with Gasteiger partial charge < -0.3 is 19.9 Å². The van der Waals surface area contributed by atoms with Gasteiger partial charge in [0.1, 0.15) is 5.75 Å². The van der Waals surface area contributed by atoms with Crippen LogP contribution in [0.1, 0.15) is 19.8 Å². The van der Waals surface area contributed by atoms with E-state index in [-0.39, 0.29) is 5.91 Å². The Morgan fingerprint density at radius 2 is 1.88 bits per heavy atom. The molecular weight excluding hydrogens is 310 g/mol. The van der Waals surface area contributed by atoms with Crippen LogP contribution in [-0.4, -0.2) is 36.8 Å². The lowest BCUT2D eigenvalue weighted by molar-refractivity contribution is -0.139. The molecule has 2 aromatic carbocycles. The van der Waals surface area contributed by atoms with E-state index in [1.807, 2.05) is 31.2 Å². The van der Waals surface area contributed by atoms with Crippen molar-refractivity contribution in [2.45, 2.75) is 19.8 Å². The number of ether oxygens (including phenoxy) is 2. The van der Waals surface area contributed by atoms with Crippen LogP contribution in [-0.2, 0) is 14.3 Å². The third-order valence-electron chi connectivity index (χ3n) is 3.41. The highest BCUT2D eigenvalue weighted by Crippen LogP contribution is 2.31. The second kappa shape index (κ2) is 8.88. The Morgan fingerprint density at radius 1 is 1.12 bits per heavy atom. The average molecular weight is 331 g/mol. The van der Waals surface area contributed by atoms with E-state index in [9.17, 15) is 9.59 Å². The molecule has 24 heavy (non-hydrogen) atoms. The fourth-order valence-corrected chi connectivity index (χ4v) is 2.34. The van der Waals surface area contributed by atoms with Crippen LogP contribution in [0.2, 0.25) is 0 Å². The van der Waals surface area contributed by atoms with Crippen LogP contribution in [0.5, 0.6) is 5.75 Å². The van der Waals surface area contributed by atoms with Gasteiger partial charge in [-0.25, -0.2) is 4.79 Å². The van der Waals surface area contributed by atoms with Crippen LogP contribution in [0.3, 0.4) is 0 Å². The van der Waals surface area contributed by atoms with Gasteiger partial charge in [0.05, 0.1) is 0 Å². The molecule has 2 N–H and O–H groups in total. The number of carboxylic acids is 1. The minimum Gasteiger partial charge on any atom is -0.481 e. The Kier molecular flexibility index (Phi) is 6.57. The highest BCUT2D eigenvalue weighted by molar-refractivity contribution is 6.04. The first-order chi connectivity index (χ1) is 11.6. The summed E-state index contributed by atoms with van der Waals surface area (Å²) in [6.07, 6.45) is 1.04. The number of hydrogen-bond donors (Lipinski definition) is 2. The number of carboxylic acid groups (broad SMARTS) is 1. The van der Waals surface area contributed by atoms with Crippen LogP contribution in [0, 0.1) is 0 Å². The molecule has 0 atom stereocenters. The largest absolute Gasteiger partial charge is 0.481 e. The molecule has 0 aliphatic rings. The molecule has 0 fully saturated rings. The molecule has 2 aromatic rings. The minimum absolute atomic E-state index is 0.0842. The summed E-state index contributed by atoms with van der Waals surface area (Å²) in [6, 6.07) is 10.8. The SMILES string of the molecule is CCOCCCC(=O)Nc1ccc(OCC(=O)O)c2ccccc12. The van der Waals surface area contributed by atoms with E-state index < -0.39 is 12.6 Å². The first-order valence-corrected chi connectivity index (χ1v) is 7.85. The van der Waals surface area contributed by atoms with Gasteiger partial charge in [-0.3, -0.25) is 4.79 Å². The summed E-state index contributed by atoms with van der Waals surface area (Å²) in [6.45, 7) is 2.71. The molecular formula is C18H21NO5. The molecule has 0 spiro atoms. The van der Waals surface area contributed by atoms with Gasteiger partial charge in [0.15, 0.2) is 6.61 Å². The van der Waals surface area contributed by atoms with Gasteiger partial charge in [-0.2, -0.15) is 0 Å². The molecule has 2 rings (SSSR count). The summed E-state index contributed by atoms with van der Waals surface area (Å²) in [4.78, 5) is 22.7. The Morgan fingerprint density at radius 3 is 2.58 bits per heavy atom. The van der Waals surface area contributed by atoms with E-state index in [2.05, 4.69) is 5.32 Å². The van der Waals surface area contributed by atoms with Gasteiger partial charge in [0.2, 0.25) is 5.91 Å². The molecule has 1 amide bonds. The van der Waals surface area contributed by atoms with E-state index in [4.69, 9.17) is 14.6 Å². The standard InChI is InChI=1S/C18H21NO5/c1-2-23-11-5-8-17(20)19-15-9-10-16(24-12-18(21)22)14-7-4-3-6-13(14)15/h3-4,6-7,9-10H,2,5,8,11-12H2,1H3,(H,19,20)(H,21,22). The smallest absolute Gasteiger partial charge is 0.341 e. The van der Waals surface area contributed by atoms with Gasteiger partial charge >= 0.3 is 5.97 Å². The number of aliphatic carboxylic acids is 1. The Bertz CT molecular complexity index is 714. The monoisotopic (exact) mass is 331 g/mol. The van der Waals surface area contributed by atoms with Crippen LogP contribution < -0.4 is 10.1 Å². The molecule has 6 nitrogen and oxygen atoms in total. The number of fused-ring (bicyclic) bond motifs is 1. The van der Waals surface area contributed by atoms with Crippen molar-refractivity contribution in [3.63, 3.8) is 0 Å². The number of rotatable bonds is 9. The van der Waals surface area contributed by atoms with Crippen molar-refractivity contribution in [3.05, 3.63) is 36.4 Å². The number of hydrogen-bond acceptors (Lipinski definition) is 4. The topological polar surface area (TPSA) is 84.9 Å². The lowest BCUT2D eigenvalue weighted by Gasteiger charge is -2.12. The van der Waals surface area contributed by atoms with Gasteiger partial charge in [-0.05, 0) is 25.5 Å². The van der Waals surface area contributed by atoms with Crippen molar-refractivity contribution in [1.29, 1.82) is 0 Å². The zero-order chi connectivity index (χ0) is 17.4. The van der Waals surface area contributed by atoms with Gasteiger partial charge in [0, 0.05) is 36.1 Å². The Hall–Kier alpha value is -2.60. The lowest BCUT2D eigenvalue weighted by Crippen LogP contribution is -2.13. The summed E-state index contributed by atoms with van der Waals surface area (Å²) >= 11 is 0. The third kappa shape index (κ3) is 4.96. The molecule has 0 aliphatic heterocycles. The van der Waals surface area contributed by atoms with Crippen LogP contribution in [0.15, 0.2) is 36.4 Å². The van der Waals surface area contributed by atoms with Crippen LogP contribution in [0.25, 0.3) is 10.8 Å². The average Bonchev–Trinajstić information content (AvgIpc) is 2.58. The van der Waals surface area contributed by atoms with Crippen LogP contribution in [0.4, 0.5) is 5.69 Å². The van der Waals surface area contributed by atoms with E-state index >= 15 is 0 Å². The summed E-state index contributed by atoms with van der Waals surface area (Å²) in [5, 5.41) is 13.2. The molecule has 0 aliphatic carbocycles. The molecule has 0 aromatic heterocycles. The number of carbonyl (C=O) groups excluding carboxylic acids is 1. The number of nitrogens with one attached hydrogen (secondary N) is 1. The van der Waals surface area contributed by atoms with Crippen molar-refractivity contribution < 1.29 is 24.2 Å². The van der Waals surface area contributed by atoms with Gasteiger partial charge in [0.25, 0.3) is 0 Å². The maximum atomic E-state index is 12.0. The first-order valence-electron chi connectivity index (χ1n) is 7.85. The molecule has 0 bridgehead atoms. The zero-order valence-electron chi connectivity index (χ0n) is 13.6. The highest BCUT2D eigenvalue weighted by Gasteiger charge is 2.10. The predicted molar refractivity (Wildman–Crippen MR) is 91.4 cm³/mol. The minimum atomic E-state index is -1.04. The molecule has 0 saturated carbocycles. The Labute approximate surface area is 140 Å². The quantitative estimate of drug-likeness (QED) is 0.690. The summed E-state index contributed by atoms with van der Waals surface area (Å²) in [5.41, 5.74) is 0.676. The normalized spacial score (nSPS) is 10.5. The summed E-state index contributed by atoms with van der Waals surface area (Å²) in [7, 11) is 0. The molecule has 0 saturated heterocycles. The van der Waals surface area contributed by atoms with E-state index in [1.54, 1.807) is 12.1 Å². The third-order valence-corrected chi connectivity index (χ3v) is 3.41. The fraction of sp³-hybridized carbons (Fsp3) is 0.333. The summed E-state index contributed by atoms with van der Waals surface area (Å²) in [5.74, 6) is -0.646. The van der Waals surface area contributed by atoms with Crippen molar-refractivity contribution in [2.75, 3.05) is 25.1 Å². The maximum absolute atomic E-state index is 12.0. The van der Waals surface area contributed by atoms with Crippen LogP contribution >= 0.6 is 0 Å². The fourth-order valence-electron chi connectivity index (χ4n) is 2.34. The second-order valence-corrected chi connectivity index (χ2v) is 5.19. The second-order valence-electron chi connectivity index (χ2n) is 5.19. The maximum Gasteiger partial charge on any atom is 0.341 e. The zero-order valence-corrected chi connectivity index (χ0v) is 13.6. The van der Waals surface area contributed by atoms with Crippen molar-refractivity contribution in [2.24, 2.45) is 0 Å². The molecule has 128 valence electrons. The van der Waals surface area contributed by atoms with E-state index in [0.29, 0.717) is 37.5 Å². The predicted octanol–water partition coefficient (Wildman–Crippen LogP) is 3.06. The van der Waals surface area contributed by atoms with Crippen molar-refractivity contribution >= 4 is 28.3 Å². The first kappa shape index (κ1) is 17.7. The molecule has 6 heteroatoms. The highest BCUT2D eigenvalue weighted by atomic mass is 16.5. The number of amides is 1. The van der Waals surface area contributed by atoms with E-state index in [1.165, 1.54) is 0 Å². The molecule has 0 heterocycles. The van der Waals surface area contributed by atoms with Gasteiger partial charge in [-0.1, -0.05) is 24.3 Å². The number of anilines is 1. The lowest BCUT2D eigenvalue weighted by atomic mass is 10.1. The molecule has 0 radical (unpaired) electrons.